The molecule has 0 aliphatic rings. The van der Waals surface area contributed by atoms with Crippen LogP contribution in [0, 0.1) is 12.7 Å². The molecule has 1 aromatic heterocycles. The summed E-state index contributed by atoms with van der Waals surface area (Å²) in [7, 11) is 0. The Bertz CT molecular complexity index is 485. The van der Waals surface area contributed by atoms with Gasteiger partial charge in [-0.3, -0.25) is 11.3 Å². The number of nitrogens with two attached hydrogens (primary N) is 1. The van der Waals surface area contributed by atoms with Crippen molar-refractivity contribution in [3.8, 4) is 0 Å². The number of hydrogen-bond donors (Lipinski definition) is 2. The fourth-order valence-electron chi connectivity index (χ4n) is 1.70. The summed E-state index contributed by atoms with van der Waals surface area (Å²) >= 11 is 1.54. The van der Waals surface area contributed by atoms with Crippen LogP contribution in [0.2, 0.25) is 0 Å². The van der Waals surface area contributed by atoms with Crippen LogP contribution in [0.5, 0.6) is 0 Å². The number of benzene rings is 1. The fourth-order valence-corrected chi connectivity index (χ4v) is 2.37. The Hall–Kier alpha value is -1.30. The first-order chi connectivity index (χ1) is 8.20. The fraction of sp³-hybridized carbons (Fsp3) is 0.250. The molecule has 0 saturated heterocycles. The molecule has 3 N–H and O–H groups in total. The maximum Gasteiger partial charge on any atom is 0.128 e. The Morgan fingerprint density at radius 3 is 2.94 bits per heavy atom. The van der Waals surface area contributed by atoms with Crippen molar-refractivity contribution >= 4 is 11.3 Å². The van der Waals surface area contributed by atoms with Crippen molar-refractivity contribution in [2.75, 3.05) is 0 Å². The van der Waals surface area contributed by atoms with Gasteiger partial charge in [-0.1, -0.05) is 12.1 Å². The highest BCUT2D eigenvalue weighted by molar-refractivity contribution is 7.09. The van der Waals surface area contributed by atoms with Crippen LogP contribution in [0.3, 0.4) is 0 Å². The first-order valence-corrected chi connectivity index (χ1v) is 6.19. The van der Waals surface area contributed by atoms with Crippen LogP contribution in [0.25, 0.3) is 0 Å². The van der Waals surface area contributed by atoms with Crippen molar-refractivity contribution in [3.05, 3.63) is 51.7 Å². The number of aromatic nitrogens is 1. The molecule has 1 aromatic carbocycles. The molecule has 17 heavy (non-hydrogen) atoms. The quantitative estimate of drug-likeness (QED) is 0.648. The van der Waals surface area contributed by atoms with E-state index in [-0.39, 0.29) is 11.9 Å². The van der Waals surface area contributed by atoms with Gasteiger partial charge in [0.25, 0.3) is 0 Å². The molecule has 1 heterocycles. The SMILES string of the molecule is Cc1ccc(C(Cc2nccs2)NN)c(F)c1. The second-order valence-corrected chi connectivity index (χ2v) is 4.85. The second-order valence-electron chi connectivity index (χ2n) is 3.87. The van der Waals surface area contributed by atoms with Crippen molar-refractivity contribution in [3.63, 3.8) is 0 Å². The third kappa shape index (κ3) is 2.88. The molecule has 90 valence electrons. The minimum Gasteiger partial charge on any atom is -0.271 e. The average Bonchev–Trinajstić information content (AvgIpc) is 2.79. The van der Waals surface area contributed by atoms with Gasteiger partial charge in [0, 0.05) is 23.6 Å². The molecule has 1 unspecified atom stereocenters. The maximum atomic E-state index is 13.8. The monoisotopic (exact) mass is 251 g/mol. The van der Waals surface area contributed by atoms with E-state index in [0.717, 1.165) is 10.6 Å². The highest BCUT2D eigenvalue weighted by atomic mass is 32.1. The van der Waals surface area contributed by atoms with E-state index in [1.807, 2.05) is 18.4 Å². The first kappa shape index (κ1) is 12.2. The molecule has 0 radical (unpaired) electrons. The van der Waals surface area contributed by atoms with E-state index in [1.165, 1.54) is 6.07 Å². The summed E-state index contributed by atoms with van der Waals surface area (Å²) in [5, 5.41) is 2.84. The summed E-state index contributed by atoms with van der Waals surface area (Å²) < 4.78 is 13.8. The molecule has 1 atom stereocenters. The van der Waals surface area contributed by atoms with E-state index >= 15 is 0 Å². The molecule has 0 aliphatic heterocycles. The van der Waals surface area contributed by atoms with E-state index in [2.05, 4.69) is 10.4 Å². The molecule has 0 bridgehead atoms. The smallest absolute Gasteiger partial charge is 0.128 e. The van der Waals surface area contributed by atoms with Crippen LogP contribution < -0.4 is 11.3 Å². The van der Waals surface area contributed by atoms with Gasteiger partial charge in [0.15, 0.2) is 0 Å². The average molecular weight is 251 g/mol. The van der Waals surface area contributed by atoms with Crippen molar-refractivity contribution in [2.24, 2.45) is 5.84 Å². The number of halogens is 1. The number of nitrogens with one attached hydrogen (secondary N) is 1. The maximum absolute atomic E-state index is 13.8. The molecule has 0 fully saturated rings. The van der Waals surface area contributed by atoms with Crippen molar-refractivity contribution in [2.45, 2.75) is 19.4 Å². The predicted octanol–water partition coefficient (Wildman–Crippen LogP) is 2.34. The number of hydrogen-bond acceptors (Lipinski definition) is 4. The molecule has 2 aromatic rings. The Morgan fingerprint density at radius 1 is 1.53 bits per heavy atom. The molecule has 0 saturated carbocycles. The normalized spacial score (nSPS) is 12.6. The summed E-state index contributed by atoms with van der Waals surface area (Å²) in [5.41, 5.74) is 4.12. The third-order valence-corrected chi connectivity index (χ3v) is 3.40. The summed E-state index contributed by atoms with van der Waals surface area (Å²) in [6.45, 7) is 1.86. The zero-order chi connectivity index (χ0) is 12.3. The highest BCUT2D eigenvalue weighted by Crippen LogP contribution is 2.22. The van der Waals surface area contributed by atoms with Gasteiger partial charge in [-0.15, -0.1) is 11.3 Å². The zero-order valence-corrected chi connectivity index (χ0v) is 10.3. The lowest BCUT2D eigenvalue weighted by Crippen LogP contribution is -2.30. The van der Waals surface area contributed by atoms with Crippen LogP contribution in [0.4, 0.5) is 4.39 Å². The minimum atomic E-state index is -0.248. The standard InChI is InChI=1S/C12H14FN3S/c1-8-2-3-9(10(13)6-8)11(16-14)7-12-15-4-5-17-12/h2-6,11,16H,7,14H2,1H3. The van der Waals surface area contributed by atoms with E-state index < -0.39 is 0 Å². The van der Waals surface area contributed by atoms with Crippen molar-refractivity contribution in [1.29, 1.82) is 0 Å². The van der Waals surface area contributed by atoms with E-state index in [1.54, 1.807) is 23.6 Å². The lowest BCUT2D eigenvalue weighted by Gasteiger charge is -2.16. The number of nitrogens with zero attached hydrogens (tertiary/aromatic N) is 1. The van der Waals surface area contributed by atoms with E-state index in [4.69, 9.17) is 5.84 Å². The number of aryl methyl sites for hydroxylation is 1. The van der Waals surface area contributed by atoms with Crippen LogP contribution in [-0.2, 0) is 6.42 Å². The van der Waals surface area contributed by atoms with Crippen molar-refractivity contribution in [1.82, 2.24) is 10.4 Å². The Morgan fingerprint density at radius 2 is 2.35 bits per heavy atom. The lowest BCUT2D eigenvalue weighted by molar-refractivity contribution is 0.509. The third-order valence-electron chi connectivity index (χ3n) is 2.59. The second kappa shape index (κ2) is 5.35. The Balaban J connectivity index is 2.23. The molecule has 5 heteroatoms. The lowest BCUT2D eigenvalue weighted by atomic mass is 10.0. The van der Waals surface area contributed by atoms with E-state index in [9.17, 15) is 4.39 Å². The molecule has 3 nitrogen and oxygen atoms in total. The summed E-state index contributed by atoms with van der Waals surface area (Å²) in [4.78, 5) is 4.18. The molecule has 0 aliphatic carbocycles. The molecule has 0 spiro atoms. The summed E-state index contributed by atoms with van der Waals surface area (Å²) in [5.74, 6) is 5.26. The summed E-state index contributed by atoms with van der Waals surface area (Å²) in [6, 6.07) is 4.91. The Labute approximate surface area is 103 Å². The van der Waals surface area contributed by atoms with Gasteiger partial charge in [-0.2, -0.15) is 0 Å². The predicted molar refractivity (Wildman–Crippen MR) is 67.0 cm³/mol. The van der Waals surface area contributed by atoms with Crippen LogP contribution >= 0.6 is 11.3 Å². The largest absolute Gasteiger partial charge is 0.271 e. The zero-order valence-electron chi connectivity index (χ0n) is 9.48. The van der Waals surface area contributed by atoms with E-state index in [0.29, 0.717) is 12.0 Å². The van der Waals surface area contributed by atoms with Gasteiger partial charge in [0.05, 0.1) is 11.0 Å². The number of rotatable bonds is 4. The van der Waals surface area contributed by atoms with Gasteiger partial charge in [-0.25, -0.2) is 9.37 Å². The van der Waals surface area contributed by atoms with Gasteiger partial charge in [0.1, 0.15) is 5.82 Å². The van der Waals surface area contributed by atoms with Gasteiger partial charge < -0.3 is 0 Å². The molecule has 0 amide bonds. The van der Waals surface area contributed by atoms with Gasteiger partial charge in [-0.05, 0) is 18.6 Å². The van der Waals surface area contributed by atoms with Crippen LogP contribution in [0.15, 0.2) is 29.8 Å². The first-order valence-electron chi connectivity index (χ1n) is 5.31. The molecular formula is C12H14FN3S. The molecular weight excluding hydrogens is 237 g/mol. The van der Waals surface area contributed by atoms with Crippen molar-refractivity contribution < 1.29 is 4.39 Å². The topological polar surface area (TPSA) is 50.9 Å². The van der Waals surface area contributed by atoms with Gasteiger partial charge >= 0.3 is 0 Å². The number of thiazole rings is 1. The Kier molecular flexibility index (Phi) is 3.83. The number of hydrazine groups is 1. The van der Waals surface area contributed by atoms with Gasteiger partial charge in [0.2, 0.25) is 0 Å². The molecule has 2 rings (SSSR count). The van der Waals surface area contributed by atoms with Crippen LogP contribution in [0.1, 0.15) is 22.2 Å². The minimum absolute atomic E-state index is 0.232. The highest BCUT2D eigenvalue weighted by Gasteiger charge is 2.16. The van der Waals surface area contributed by atoms with Crippen LogP contribution in [-0.4, -0.2) is 4.98 Å². The summed E-state index contributed by atoms with van der Waals surface area (Å²) in [6.07, 6.45) is 2.33.